The first-order chi connectivity index (χ1) is 20.4. The van der Waals surface area contributed by atoms with E-state index in [4.69, 9.17) is 11.6 Å². The molecule has 0 bridgehead atoms. The lowest BCUT2D eigenvalue weighted by molar-refractivity contribution is -0.137. The van der Waals surface area contributed by atoms with Crippen LogP contribution in [0.25, 0.3) is 0 Å². The van der Waals surface area contributed by atoms with Gasteiger partial charge in [-0.2, -0.15) is 13.2 Å². The standard InChI is InChI=1S/C30H23ClF3N3O4S2/c31-26-15-12-23(16-25(26)30(32,33)34)36-43(40,41)24-13-10-22(11-14-24)35-28(39)20-6-8-21(9-7-20)29-37(27(38)18-42-29)17-19-4-2-1-3-5-19/h1-16,29,36H,17-18H2,(H,35,39)/t29-/m1/s1. The van der Waals surface area contributed by atoms with E-state index in [1.165, 1.54) is 36.0 Å². The first-order valence-corrected chi connectivity index (χ1v) is 15.7. The van der Waals surface area contributed by atoms with E-state index in [-0.39, 0.29) is 21.9 Å². The lowest BCUT2D eigenvalue weighted by atomic mass is 10.1. The van der Waals surface area contributed by atoms with Crippen molar-refractivity contribution in [2.24, 2.45) is 0 Å². The number of carbonyl (C=O) groups excluding carboxylic acids is 2. The molecule has 4 aromatic rings. The number of anilines is 2. The third-order valence-electron chi connectivity index (χ3n) is 6.57. The molecule has 5 rings (SSSR count). The number of alkyl halides is 3. The summed E-state index contributed by atoms with van der Waals surface area (Å²) >= 11 is 7.12. The average molecular weight is 646 g/mol. The van der Waals surface area contributed by atoms with E-state index in [1.807, 2.05) is 35.2 Å². The number of carbonyl (C=O) groups is 2. The smallest absolute Gasteiger partial charge is 0.322 e. The Morgan fingerprint density at radius 3 is 2.23 bits per heavy atom. The largest absolute Gasteiger partial charge is 0.417 e. The fraction of sp³-hybridized carbons (Fsp3) is 0.133. The highest BCUT2D eigenvalue weighted by Gasteiger charge is 2.34. The molecule has 0 radical (unpaired) electrons. The number of halogens is 4. The van der Waals surface area contributed by atoms with Crippen molar-refractivity contribution in [3.63, 3.8) is 0 Å². The summed E-state index contributed by atoms with van der Waals surface area (Å²) < 4.78 is 67.0. The summed E-state index contributed by atoms with van der Waals surface area (Å²) in [6.07, 6.45) is -4.75. The summed E-state index contributed by atoms with van der Waals surface area (Å²) in [6, 6.07) is 24.5. The Morgan fingerprint density at radius 2 is 1.58 bits per heavy atom. The molecule has 7 nitrogen and oxygen atoms in total. The molecule has 1 heterocycles. The lowest BCUT2D eigenvalue weighted by Gasteiger charge is -2.24. The summed E-state index contributed by atoms with van der Waals surface area (Å²) in [6.45, 7) is 0.481. The second-order valence-corrected chi connectivity index (χ2v) is 12.7. The molecule has 1 fully saturated rings. The minimum atomic E-state index is -4.75. The van der Waals surface area contributed by atoms with E-state index in [1.54, 1.807) is 24.3 Å². The van der Waals surface area contributed by atoms with E-state index >= 15 is 0 Å². The second-order valence-electron chi connectivity index (χ2n) is 9.57. The fourth-order valence-corrected chi connectivity index (χ4v) is 6.88. The molecule has 2 amide bonds. The maximum atomic E-state index is 13.1. The Morgan fingerprint density at radius 1 is 0.930 bits per heavy atom. The Balaban J connectivity index is 1.23. The molecule has 1 aliphatic rings. The van der Waals surface area contributed by atoms with Crippen LogP contribution in [-0.4, -0.2) is 30.9 Å². The van der Waals surface area contributed by atoms with Crippen molar-refractivity contribution in [1.29, 1.82) is 0 Å². The molecule has 2 N–H and O–H groups in total. The third-order valence-corrected chi connectivity index (χ3v) is 9.55. The van der Waals surface area contributed by atoms with Gasteiger partial charge >= 0.3 is 6.18 Å². The Kier molecular flexibility index (Phi) is 8.72. The zero-order valence-corrected chi connectivity index (χ0v) is 24.5. The predicted molar refractivity (Wildman–Crippen MR) is 160 cm³/mol. The SMILES string of the molecule is O=C(Nc1ccc(S(=O)(=O)Nc2ccc(Cl)c(C(F)(F)F)c2)cc1)c1ccc([C@H]2SCC(=O)N2Cc2ccccc2)cc1. The number of nitrogens with one attached hydrogen (secondary N) is 2. The van der Waals surface area contributed by atoms with Gasteiger partial charge in [0.15, 0.2) is 0 Å². The number of hydrogen-bond donors (Lipinski definition) is 2. The van der Waals surface area contributed by atoms with Crippen LogP contribution in [0, 0.1) is 0 Å². The summed E-state index contributed by atoms with van der Waals surface area (Å²) in [4.78, 5) is 27.0. The van der Waals surface area contributed by atoms with Crippen molar-refractivity contribution in [2.75, 3.05) is 15.8 Å². The van der Waals surface area contributed by atoms with Gasteiger partial charge in [0.2, 0.25) is 5.91 Å². The molecule has 0 aliphatic carbocycles. The molecular weight excluding hydrogens is 623 g/mol. The quantitative estimate of drug-likeness (QED) is 0.212. The van der Waals surface area contributed by atoms with Crippen LogP contribution in [0.1, 0.15) is 32.4 Å². The van der Waals surface area contributed by atoms with Crippen LogP contribution >= 0.6 is 23.4 Å². The maximum Gasteiger partial charge on any atom is 0.417 e. The molecule has 0 spiro atoms. The number of sulfonamides is 1. The topological polar surface area (TPSA) is 95.6 Å². The lowest BCUT2D eigenvalue weighted by Crippen LogP contribution is -2.27. The Labute approximate surface area is 255 Å². The van der Waals surface area contributed by atoms with Crippen molar-refractivity contribution in [2.45, 2.75) is 23.0 Å². The first-order valence-electron chi connectivity index (χ1n) is 12.8. The number of hydrogen-bond acceptors (Lipinski definition) is 5. The van der Waals surface area contributed by atoms with Crippen LogP contribution < -0.4 is 10.0 Å². The van der Waals surface area contributed by atoms with Gasteiger partial charge in [0, 0.05) is 23.5 Å². The zero-order chi connectivity index (χ0) is 30.8. The van der Waals surface area contributed by atoms with Crippen LogP contribution in [0.15, 0.2) is 102 Å². The fourth-order valence-electron chi connectivity index (χ4n) is 4.42. The van der Waals surface area contributed by atoms with Crippen molar-refractivity contribution >= 4 is 56.6 Å². The van der Waals surface area contributed by atoms with E-state index in [0.29, 0.717) is 29.6 Å². The molecular formula is C30H23ClF3N3O4S2. The van der Waals surface area contributed by atoms with Crippen LogP contribution in [0.2, 0.25) is 5.02 Å². The van der Waals surface area contributed by atoms with E-state index < -0.39 is 32.7 Å². The number of thioether (sulfide) groups is 1. The molecule has 1 atom stereocenters. The number of amides is 2. The molecule has 1 aliphatic heterocycles. The van der Waals surface area contributed by atoms with Gasteiger partial charge in [-0.05, 0) is 65.7 Å². The highest BCUT2D eigenvalue weighted by atomic mass is 35.5. The van der Waals surface area contributed by atoms with E-state index in [0.717, 1.165) is 23.3 Å². The molecule has 0 aromatic heterocycles. The minimum Gasteiger partial charge on any atom is -0.322 e. The minimum absolute atomic E-state index is 0.0422. The van der Waals surface area contributed by atoms with Crippen LogP contribution in [0.4, 0.5) is 24.5 Å². The summed E-state index contributed by atoms with van der Waals surface area (Å²) in [7, 11) is -4.23. The van der Waals surface area contributed by atoms with E-state index in [9.17, 15) is 31.2 Å². The monoisotopic (exact) mass is 645 g/mol. The van der Waals surface area contributed by atoms with Crippen LogP contribution in [0.3, 0.4) is 0 Å². The molecule has 222 valence electrons. The van der Waals surface area contributed by atoms with Crippen molar-refractivity contribution in [3.05, 3.63) is 124 Å². The van der Waals surface area contributed by atoms with Gasteiger partial charge in [-0.25, -0.2) is 8.42 Å². The van der Waals surface area contributed by atoms with Crippen LogP contribution in [-0.2, 0) is 27.5 Å². The number of rotatable bonds is 8. The van der Waals surface area contributed by atoms with Crippen molar-refractivity contribution < 1.29 is 31.2 Å². The van der Waals surface area contributed by atoms with Crippen molar-refractivity contribution in [3.8, 4) is 0 Å². The van der Waals surface area contributed by atoms with E-state index in [2.05, 4.69) is 10.0 Å². The summed E-state index contributed by atoms with van der Waals surface area (Å²) in [5, 5.41) is 1.96. The predicted octanol–water partition coefficient (Wildman–Crippen LogP) is 7.19. The number of nitrogens with zero attached hydrogens (tertiary/aromatic N) is 1. The van der Waals surface area contributed by atoms with Gasteiger partial charge in [0.05, 0.1) is 21.2 Å². The van der Waals surface area contributed by atoms with Gasteiger partial charge in [-0.15, -0.1) is 11.8 Å². The van der Waals surface area contributed by atoms with Gasteiger partial charge in [-0.1, -0.05) is 54.1 Å². The Hall–Kier alpha value is -4.00. The van der Waals surface area contributed by atoms with Gasteiger partial charge < -0.3 is 10.2 Å². The molecule has 43 heavy (non-hydrogen) atoms. The second kappa shape index (κ2) is 12.3. The highest BCUT2D eigenvalue weighted by Crippen LogP contribution is 2.40. The normalized spacial score (nSPS) is 15.4. The summed E-state index contributed by atoms with van der Waals surface area (Å²) in [5.74, 6) is -0.0205. The molecule has 0 unspecified atom stereocenters. The zero-order valence-electron chi connectivity index (χ0n) is 22.1. The Bertz CT molecular complexity index is 1750. The van der Waals surface area contributed by atoms with Crippen molar-refractivity contribution in [1.82, 2.24) is 4.90 Å². The average Bonchev–Trinajstić information content (AvgIpc) is 3.33. The molecule has 0 saturated carbocycles. The molecule has 4 aromatic carbocycles. The summed E-state index contributed by atoms with van der Waals surface area (Å²) in [5.41, 5.74) is 1.10. The molecule has 13 heteroatoms. The van der Waals surface area contributed by atoms with Gasteiger partial charge in [0.1, 0.15) is 5.37 Å². The number of benzene rings is 4. The highest BCUT2D eigenvalue weighted by molar-refractivity contribution is 8.00. The first kappa shape index (κ1) is 30.5. The van der Waals surface area contributed by atoms with Gasteiger partial charge in [-0.3, -0.25) is 14.3 Å². The third kappa shape index (κ3) is 7.15. The maximum absolute atomic E-state index is 13.1. The van der Waals surface area contributed by atoms with Crippen LogP contribution in [0.5, 0.6) is 0 Å². The van der Waals surface area contributed by atoms with Gasteiger partial charge in [0.25, 0.3) is 15.9 Å². The molecule has 1 saturated heterocycles.